The maximum Gasteiger partial charge on any atom is 0.340 e. The van der Waals surface area contributed by atoms with Gasteiger partial charge >= 0.3 is 5.97 Å². The summed E-state index contributed by atoms with van der Waals surface area (Å²) in [6.07, 6.45) is 2.60. The largest absolute Gasteiger partial charge is 0.452 e. The number of ether oxygens (including phenoxy) is 1. The van der Waals surface area contributed by atoms with Crippen LogP contribution < -0.4 is 4.90 Å². The Morgan fingerprint density at radius 2 is 1.72 bits per heavy atom. The van der Waals surface area contributed by atoms with Crippen LogP contribution in [0, 0.1) is 0 Å². The quantitative estimate of drug-likeness (QED) is 0.559. The second-order valence-corrected chi connectivity index (χ2v) is 10.2. The molecule has 1 heterocycles. The van der Waals surface area contributed by atoms with Crippen LogP contribution in [-0.2, 0) is 19.6 Å². The molecule has 0 atom stereocenters. The molecule has 0 N–H and O–H groups in total. The zero-order valence-corrected chi connectivity index (χ0v) is 19.7. The molecule has 9 heteroatoms. The van der Waals surface area contributed by atoms with Gasteiger partial charge < -0.3 is 9.64 Å². The molecular weight excluding hydrogens is 452 g/mol. The van der Waals surface area contributed by atoms with Crippen molar-refractivity contribution in [2.45, 2.75) is 44.0 Å². The van der Waals surface area contributed by atoms with Gasteiger partial charge in [-0.2, -0.15) is 4.31 Å². The smallest absolute Gasteiger partial charge is 0.340 e. The summed E-state index contributed by atoms with van der Waals surface area (Å²) in [5.74, 6) is -1.25. The third kappa shape index (κ3) is 5.49. The summed E-state index contributed by atoms with van der Waals surface area (Å²) in [7, 11) is -3.74. The van der Waals surface area contributed by atoms with Crippen LogP contribution >= 0.6 is 11.6 Å². The minimum Gasteiger partial charge on any atom is -0.452 e. The highest BCUT2D eigenvalue weighted by molar-refractivity contribution is 7.89. The van der Waals surface area contributed by atoms with Crippen molar-refractivity contribution >= 4 is 39.2 Å². The van der Waals surface area contributed by atoms with E-state index in [0.717, 1.165) is 19.3 Å². The Morgan fingerprint density at radius 1 is 1.06 bits per heavy atom. The fourth-order valence-electron chi connectivity index (χ4n) is 3.67. The molecule has 32 heavy (non-hydrogen) atoms. The Kier molecular flexibility index (Phi) is 7.92. The Hall–Kier alpha value is -2.42. The molecule has 1 fully saturated rings. The summed E-state index contributed by atoms with van der Waals surface area (Å²) in [6.45, 7) is 4.12. The minimum absolute atomic E-state index is 0.0184. The summed E-state index contributed by atoms with van der Waals surface area (Å²) in [4.78, 5) is 26.9. The molecule has 1 aliphatic rings. The van der Waals surface area contributed by atoms with Crippen LogP contribution in [0.3, 0.4) is 0 Å². The molecule has 0 unspecified atom stereocenters. The van der Waals surface area contributed by atoms with Crippen LogP contribution in [-0.4, -0.2) is 50.3 Å². The van der Waals surface area contributed by atoms with Gasteiger partial charge in [-0.15, -0.1) is 0 Å². The fraction of sp³-hybridized carbons (Fsp3) is 0.391. The van der Waals surface area contributed by atoms with Gasteiger partial charge in [0.2, 0.25) is 10.0 Å². The van der Waals surface area contributed by atoms with Crippen molar-refractivity contribution in [1.82, 2.24) is 4.31 Å². The molecule has 0 aromatic heterocycles. The van der Waals surface area contributed by atoms with Gasteiger partial charge in [0.1, 0.15) is 0 Å². The summed E-state index contributed by atoms with van der Waals surface area (Å²) in [6, 6.07) is 12.9. The normalized spacial score (nSPS) is 14.9. The van der Waals surface area contributed by atoms with Crippen molar-refractivity contribution in [2.75, 3.05) is 24.6 Å². The van der Waals surface area contributed by atoms with Crippen molar-refractivity contribution in [2.24, 2.45) is 0 Å². The first-order chi connectivity index (χ1) is 15.2. The van der Waals surface area contributed by atoms with Crippen molar-refractivity contribution in [3.8, 4) is 0 Å². The second-order valence-electron chi connectivity index (χ2n) is 7.88. The second kappa shape index (κ2) is 10.5. The minimum atomic E-state index is -3.74. The molecule has 0 saturated carbocycles. The lowest BCUT2D eigenvalue weighted by Gasteiger charge is -2.27. The van der Waals surface area contributed by atoms with E-state index in [0.29, 0.717) is 18.8 Å². The standard InChI is InChI=1S/C23H27ClN2O5S/c1-17(2)26(18-9-5-3-6-10-18)22(27)16-31-23(28)20-15-19(11-12-21(20)24)32(29,30)25-13-7-4-8-14-25/h3,5-6,9-12,15,17H,4,7-8,13-14,16H2,1-2H3. The lowest BCUT2D eigenvalue weighted by molar-refractivity contribution is -0.122. The molecule has 0 radical (unpaired) electrons. The van der Waals surface area contributed by atoms with Crippen molar-refractivity contribution in [3.05, 3.63) is 59.1 Å². The molecule has 1 amide bonds. The summed E-state index contributed by atoms with van der Waals surface area (Å²) >= 11 is 6.15. The van der Waals surface area contributed by atoms with Crippen LogP contribution in [0.1, 0.15) is 43.5 Å². The van der Waals surface area contributed by atoms with Crippen LogP contribution in [0.4, 0.5) is 5.69 Å². The van der Waals surface area contributed by atoms with Gasteiger partial charge in [0.25, 0.3) is 5.91 Å². The number of carbonyl (C=O) groups excluding carboxylic acids is 2. The van der Waals surface area contributed by atoms with E-state index in [2.05, 4.69) is 0 Å². The summed E-state index contributed by atoms with van der Waals surface area (Å²) < 4.78 is 32.5. The summed E-state index contributed by atoms with van der Waals surface area (Å²) in [5.41, 5.74) is 0.601. The van der Waals surface area contributed by atoms with Crippen LogP contribution in [0.5, 0.6) is 0 Å². The number of halogens is 1. The number of rotatable bonds is 7. The van der Waals surface area contributed by atoms with E-state index < -0.39 is 28.5 Å². The van der Waals surface area contributed by atoms with E-state index in [4.69, 9.17) is 16.3 Å². The van der Waals surface area contributed by atoms with Crippen LogP contribution in [0.15, 0.2) is 53.4 Å². The van der Waals surface area contributed by atoms with Gasteiger partial charge in [-0.25, -0.2) is 13.2 Å². The van der Waals surface area contributed by atoms with Crippen LogP contribution in [0.25, 0.3) is 0 Å². The number of benzene rings is 2. The van der Waals surface area contributed by atoms with Gasteiger partial charge in [0.15, 0.2) is 6.61 Å². The third-order valence-electron chi connectivity index (χ3n) is 5.26. The number of hydrogen-bond acceptors (Lipinski definition) is 5. The lowest BCUT2D eigenvalue weighted by Crippen LogP contribution is -2.40. The molecule has 2 aromatic carbocycles. The molecular formula is C23H27ClN2O5S. The predicted molar refractivity (Wildman–Crippen MR) is 123 cm³/mol. The fourth-order valence-corrected chi connectivity index (χ4v) is 5.41. The zero-order chi connectivity index (χ0) is 23.3. The SMILES string of the molecule is CC(C)N(C(=O)COC(=O)c1cc(S(=O)(=O)N2CCCCC2)ccc1Cl)c1ccccc1. The van der Waals surface area contributed by atoms with Gasteiger partial charge in [-0.05, 0) is 57.0 Å². The Morgan fingerprint density at radius 3 is 2.34 bits per heavy atom. The van der Waals surface area contributed by atoms with E-state index in [1.807, 2.05) is 32.0 Å². The first-order valence-electron chi connectivity index (χ1n) is 10.6. The number of sulfonamides is 1. The lowest BCUT2D eigenvalue weighted by atomic mass is 10.2. The topological polar surface area (TPSA) is 84.0 Å². The maximum absolute atomic E-state index is 12.9. The number of amides is 1. The van der Waals surface area contributed by atoms with E-state index >= 15 is 0 Å². The average molecular weight is 479 g/mol. The Balaban J connectivity index is 1.75. The van der Waals surface area contributed by atoms with E-state index in [-0.39, 0.29) is 21.5 Å². The third-order valence-corrected chi connectivity index (χ3v) is 7.48. The van der Waals surface area contributed by atoms with E-state index in [1.54, 1.807) is 12.1 Å². The average Bonchev–Trinajstić information content (AvgIpc) is 2.79. The highest BCUT2D eigenvalue weighted by Gasteiger charge is 2.28. The van der Waals surface area contributed by atoms with Gasteiger partial charge in [0, 0.05) is 24.8 Å². The number of hydrogen-bond donors (Lipinski definition) is 0. The van der Waals surface area contributed by atoms with Gasteiger partial charge in [-0.1, -0.05) is 36.2 Å². The molecule has 0 aliphatic carbocycles. The first kappa shape index (κ1) is 24.2. The number of piperidine rings is 1. The van der Waals surface area contributed by atoms with Crippen molar-refractivity contribution in [1.29, 1.82) is 0 Å². The molecule has 172 valence electrons. The van der Waals surface area contributed by atoms with E-state index in [9.17, 15) is 18.0 Å². The maximum atomic E-state index is 12.9. The highest BCUT2D eigenvalue weighted by atomic mass is 35.5. The van der Waals surface area contributed by atoms with Crippen molar-refractivity contribution < 1.29 is 22.7 Å². The van der Waals surface area contributed by atoms with Gasteiger partial charge in [-0.3, -0.25) is 4.79 Å². The summed E-state index contributed by atoms with van der Waals surface area (Å²) in [5, 5.41) is 0.0591. The number of carbonyl (C=O) groups is 2. The zero-order valence-electron chi connectivity index (χ0n) is 18.2. The first-order valence-corrected chi connectivity index (χ1v) is 12.4. The van der Waals surface area contributed by atoms with Crippen molar-refractivity contribution in [3.63, 3.8) is 0 Å². The molecule has 7 nitrogen and oxygen atoms in total. The number of anilines is 1. The number of para-hydroxylation sites is 1. The molecule has 1 saturated heterocycles. The van der Waals surface area contributed by atoms with E-state index in [1.165, 1.54) is 27.4 Å². The molecule has 1 aliphatic heterocycles. The molecule has 3 rings (SSSR count). The highest BCUT2D eigenvalue weighted by Crippen LogP contribution is 2.26. The molecule has 0 spiro atoms. The Labute approximate surface area is 194 Å². The van der Waals surface area contributed by atoms with Gasteiger partial charge in [0.05, 0.1) is 15.5 Å². The number of esters is 1. The monoisotopic (exact) mass is 478 g/mol. The Bertz CT molecular complexity index is 1070. The predicted octanol–water partition coefficient (Wildman–Crippen LogP) is 4.11. The molecule has 0 bridgehead atoms. The molecule has 2 aromatic rings. The van der Waals surface area contributed by atoms with Crippen LogP contribution in [0.2, 0.25) is 5.02 Å². The number of nitrogens with zero attached hydrogens (tertiary/aromatic N) is 2.